The van der Waals surface area contributed by atoms with Gasteiger partial charge in [-0.25, -0.2) is 12.4 Å². The van der Waals surface area contributed by atoms with E-state index >= 15 is 0 Å². The zero-order valence-electron chi connectivity index (χ0n) is 14.2. The molecule has 24 heavy (non-hydrogen) atoms. The van der Waals surface area contributed by atoms with Crippen molar-refractivity contribution in [1.82, 2.24) is 3.97 Å². The van der Waals surface area contributed by atoms with Gasteiger partial charge in [-0.3, -0.25) is 0 Å². The van der Waals surface area contributed by atoms with Gasteiger partial charge in [0.15, 0.2) is 0 Å². The van der Waals surface area contributed by atoms with Crippen LogP contribution in [-0.4, -0.2) is 12.4 Å². The smallest absolute Gasteiger partial charge is 0.248 e. The summed E-state index contributed by atoms with van der Waals surface area (Å²) < 4.78 is 26.9. The Balaban J connectivity index is 1.93. The first-order valence-corrected chi connectivity index (χ1v) is 9.35. The van der Waals surface area contributed by atoms with E-state index in [0.29, 0.717) is 4.90 Å². The van der Waals surface area contributed by atoms with E-state index in [1.165, 1.54) is 15.1 Å². The lowest BCUT2D eigenvalue weighted by molar-refractivity contribution is 0.587. The van der Waals surface area contributed by atoms with Gasteiger partial charge in [0.2, 0.25) is 0 Å². The van der Waals surface area contributed by atoms with Crippen LogP contribution in [0.2, 0.25) is 0 Å². The van der Waals surface area contributed by atoms with Gasteiger partial charge < -0.3 is 0 Å². The molecule has 0 unspecified atom stereocenters. The molecule has 3 nitrogen and oxygen atoms in total. The van der Waals surface area contributed by atoms with Crippen molar-refractivity contribution in [1.29, 1.82) is 0 Å². The van der Waals surface area contributed by atoms with Crippen molar-refractivity contribution in [2.24, 2.45) is 0 Å². The Kier molecular flexibility index (Phi) is 4.33. The summed E-state index contributed by atoms with van der Waals surface area (Å²) in [6.45, 7) is 5.94. The molecular formula is C20H21NO2S. The van der Waals surface area contributed by atoms with E-state index in [1.807, 2.05) is 26.0 Å². The van der Waals surface area contributed by atoms with E-state index in [1.54, 1.807) is 24.5 Å². The Labute approximate surface area is 143 Å². The van der Waals surface area contributed by atoms with Crippen LogP contribution in [0.15, 0.2) is 65.8 Å². The Morgan fingerprint density at radius 2 is 1.33 bits per heavy atom. The van der Waals surface area contributed by atoms with E-state index in [2.05, 4.69) is 31.2 Å². The molecule has 0 aliphatic carbocycles. The van der Waals surface area contributed by atoms with E-state index in [0.717, 1.165) is 23.1 Å². The summed E-state index contributed by atoms with van der Waals surface area (Å²) in [4.78, 5) is 0.310. The van der Waals surface area contributed by atoms with Gasteiger partial charge in [-0.05, 0) is 56.0 Å². The molecule has 3 aromatic rings. The first-order chi connectivity index (χ1) is 11.4. The summed E-state index contributed by atoms with van der Waals surface area (Å²) in [5.41, 5.74) is 5.43. The predicted molar refractivity (Wildman–Crippen MR) is 96.9 cm³/mol. The van der Waals surface area contributed by atoms with E-state index in [9.17, 15) is 8.42 Å². The quantitative estimate of drug-likeness (QED) is 0.713. The standard InChI is InChI=1S/C20H21NO2S/c1-15-4-8-18(9-5-15)12-19-14-21(13-17(19)3)24(22,23)20-10-6-16(2)7-11-20/h4-11,13-14H,12H2,1-3H3. The Morgan fingerprint density at radius 3 is 1.92 bits per heavy atom. The molecule has 4 heteroatoms. The third kappa shape index (κ3) is 3.29. The maximum atomic E-state index is 12.8. The highest BCUT2D eigenvalue weighted by Gasteiger charge is 2.18. The molecule has 1 heterocycles. The topological polar surface area (TPSA) is 39.1 Å². The third-order valence-electron chi connectivity index (χ3n) is 4.22. The Bertz CT molecular complexity index is 950. The molecule has 0 atom stereocenters. The molecular weight excluding hydrogens is 318 g/mol. The number of aromatic nitrogens is 1. The highest BCUT2D eigenvalue weighted by Crippen LogP contribution is 2.21. The largest absolute Gasteiger partial charge is 0.267 e. The van der Waals surface area contributed by atoms with Crippen LogP contribution in [-0.2, 0) is 16.4 Å². The number of aryl methyl sites for hydroxylation is 3. The fourth-order valence-electron chi connectivity index (χ4n) is 2.65. The van der Waals surface area contributed by atoms with Gasteiger partial charge in [0.1, 0.15) is 0 Å². The van der Waals surface area contributed by atoms with Gasteiger partial charge >= 0.3 is 0 Å². The lowest BCUT2D eigenvalue weighted by atomic mass is 10.0. The average Bonchev–Trinajstić information content (AvgIpc) is 2.92. The SMILES string of the molecule is Cc1ccc(Cc2cn(S(=O)(=O)c3ccc(C)cc3)cc2C)cc1. The fourth-order valence-corrected chi connectivity index (χ4v) is 3.93. The van der Waals surface area contributed by atoms with Crippen LogP contribution in [0.3, 0.4) is 0 Å². The van der Waals surface area contributed by atoms with Crippen molar-refractivity contribution in [3.8, 4) is 0 Å². The summed E-state index contributed by atoms with van der Waals surface area (Å²) in [6.07, 6.45) is 4.14. The van der Waals surface area contributed by atoms with Crippen molar-refractivity contribution < 1.29 is 8.42 Å². The molecule has 124 valence electrons. The van der Waals surface area contributed by atoms with Crippen LogP contribution in [0.4, 0.5) is 0 Å². The lowest BCUT2D eigenvalue weighted by Crippen LogP contribution is -2.10. The Hall–Kier alpha value is -2.33. The van der Waals surface area contributed by atoms with Crippen LogP contribution >= 0.6 is 0 Å². The number of hydrogen-bond donors (Lipinski definition) is 0. The van der Waals surface area contributed by atoms with Crippen molar-refractivity contribution in [3.05, 3.63) is 88.7 Å². The second-order valence-corrected chi connectivity index (χ2v) is 8.12. The second-order valence-electron chi connectivity index (χ2n) is 6.28. The molecule has 0 N–H and O–H groups in total. The first kappa shape index (κ1) is 16.5. The normalized spacial score (nSPS) is 11.6. The molecule has 0 spiro atoms. The van der Waals surface area contributed by atoms with E-state index in [4.69, 9.17) is 0 Å². The van der Waals surface area contributed by atoms with Crippen molar-refractivity contribution in [2.75, 3.05) is 0 Å². The minimum atomic E-state index is -3.54. The van der Waals surface area contributed by atoms with Gasteiger partial charge in [0.05, 0.1) is 4.90 Å². The zero-order valence-corrected chi connectivity index (χ0v) is 15.0. The monoisotopic (exact) mass is 339 g/mol. The van der Waals surface area contributed by atoms with Gasteiger partial charge in [0.25, 0.3) is 10.0 Å². The zero-order chi connectivity index (χ0) is 17.3. The van der Waals surface area contributed by atoms with Crippen molar-refractivity contribution in [3.63, 3.8) is 0 Å². The van der Waals surface area contributed by atoms with Gasteiger partial charge in [-0.2, -0.15) is 0 Å². The number of rotatable bonds is 4. The summed E-state index contributed by atoms with van der Waals surface area (Å²) >= 11 is 0. The molecule has 0 aliphatic rings. The van der Waals surface area contributed by atoms with E-state index in [-0.39, 0.29) is 0 Å². The minimum Gasteiger partial charge on any atom is -0.248 e. The van der Waals surface area contributed by atoms with Crippen molar-refractivity contribution in [2.45, 2.75) is 32.1 Å². The van der Waals surface area contributed by atoms with Gasteiger partial charge in [-0.15, -0.1) is 0 Å². The van der Waals surface area contributed by atoms with E-state index < -0.39 is 10.0 Å². The maximum Gasteiger partial charge on any atom is 0.267 e. The first-order valence-electron chi connectivity index (χ1n) is 7.91. The molecule has 0 fully saturated rings. The van der Waals surface area contributed by atoms with Crippen LogP contribution in [0.25, 0.3) is 0 Å². The summed E-state index contributed by atoms with van der Waals surface area (Å²) in [5.74, 6) is 0. The highest BCUT2D eigenvalue weighted by molar-refractivity contribution is 7.90. The number of benzene rings is 2. The van der Waals surface area contributed by atoms with Crippen LogP contribution < -0.4 is 0 Å². The van der Waals surface area contributed by atoms with Gasteiger partial charge in [-0.1, -0.05) is 47.5 Å². The summed E-state index contributed by atoms with van der Waals surface area (Å²) in [5, 5.41) is 0. The van der Waals surface area contributed by atoms with Crippen LogP contribution in [0.1, 0.15) is 27.8 Å². The number of hydrogen-bond acceptors (Lipinski definition) is 2. The van der Waals surface area contributed by atoms with Crippen LogP contribution in [0, 0.1) is 20.8 Å². The molecule has 3 rings (SSSR count). The van der Waals surface area contributed by atoms with Gasteiger partial charge in [0, 0.05) is 12.4 Å². The second kappa shape index (κ2) is 6.29. The Morgan fingerprint density at radius 1 is 0.792 bits per heavy atom. The molecule has 2 aromatic carbocycles. The number of nitrogens with zero attached hydrogens (tertiary/aromatic N) is 1. The molecule has 0 radical (unpaired) electrons. The summed E-state index contributed by atoms with van der Waals surface area (Å²) in [6, 6.07) is 15.3. The fraction of sp³-hybridized carbons (Fsp3) is 0.200. The maximum absolute atomic E-state index is 12.8. The average molecular weight is 339 g/mol. The lowest BCUT2D eigenvalue weighted by Gasteiger charge is -2.06. The minimum absolute atomic E-state index is 0.310. The van der Waals surface area contributed by atoms with Crippen molar-refractivity contribution >= 4 is 10.0 Å². The third-order valence-corrected chi connectivity index (χ3v) is 5.86. The van der Waals surface area contributed by atoms with Crippen LogP contribution in [0.5, 0.6) is 0 Å². The predicted octanol–water partition coefficient (Wildman–Crippen LogP) is 4.24. The molecule has 0 saturated carbocycles. The molecule has 1 aromatic heterocycles. The molecule has 0 aliphatic heterocycles. The molecule has 0 bridgehead atoms. The molecule has 0 amide bonds. The highest BCUT2D eigenvalue weighted by atomic mass is 32.2. The summed E-state index contributed by atoms with van der Waals surface area (Å²) in [7, 11) is -3.54. The molecule has 0 saturated heterocycles.